The normalized spacial score (nSPS) is 14.3. The Hall–Kier alpha value is -15.7. The Morgan fingerprint density at radius 3 is 0.468 bits per heavy atom. The van der Waals surface area contributed by atoms with Gasteiger partial charge in [-0.1, -0.05) is 248 Å². The largest absolute Gasteiger partial charge is 0.473 e. The number of hydrogen-bond donors (Lipinski definition) is 0. The van der Waals surface area contributed by atoms with Crippen LogP contribution in [0.5, 0.6) is 46.0 Å². The van der Waals surface area contributed by atoms with Crippen molar-refractivity contribution in [3.63, 3.8) is 0 Å². The van der Waals surface area contributed by atoms with Crippen LogP contribution in [0.4, 0.5) is 45.5 Å². The average Bonchev–Trinajstić information content (AvgIpc) is 0.792. The topological polar surface area (TPSA) is 134 Å². The number of aryl methyl sites for hydroxylation is 2. The van der Waals surface area contributed by atoms with Crippen molar-refractivity contribution in [1.82, 2.24) is 0 Å². The average molecular weight is 1870 g/mol. The summed E-state index contributed by atoms with van der Waals surface area (Å²) < 4.78 is 73.6. The maximum absolute atomic E-state index is 13.3. The summed E-state index contributed by atoms with van der Waals surface area (Å²) in [6.45, 7) is 11.1. The molecular formula is C120H120N8O10S. The molecule has 0 radical (unpaired) electrons. The van der Waals surface area contributed by atoms with Crippen LogP contribution in [0.2, 0.25) is 0 Å². The molecule has 0 saturated heterocycles. The molecule has 16 aromatic carbocycles. The fourth-order valence-electron chi connectivity index (χ4n) is 18.3. The molecule has 706 valence electrons. The van der Waals surface area contributed by atoms with E-state index in [1.54, 1.807) is 24.3 Å². The molecule has 0 aliphatic carbocycles. The molecule has 19 heteroatoms. The molecule has 8 aliphatic heterocycles. The molecule has 139 heavy (non-hydrogen) atoms. The summed E-state index contributed by atoms with van der Waals surface area (Å²) in [5.41, 5.74) is 26.5. The zero-order valence-electron chi connectivity index (χ0n) is 75.2. The Balaban J connectivity index is 0.000000127. The highest BCUT2D eigenvalue weighted by atomic mass is 32.2. The van der Waals surface area contributed by atoms with Crippen LogP contribution in [0.25, 0.3) is 0 Å². The summed E-state index contributed by atoms with van der Waals surface area (Å²) in [4.78, 5) is 18.3. The van der Waals surface area contributed by atoms with E-state index in [0.717, 1.165) is 133 Å². The molecule has 0 unspecified atom stereocenters. The van der Waals surface area contributed by atoms with Crippen molar-refractivity contribution in [3.05, 3.63) is 466 Å². The van der Waals surface area contributed by atoms with Crippen molar-refractivity contribution < 1.29 is 46.3 Å². The minimum absolute atomic E-state index is 0. The first kappa shape index (κ1) is 95.0. The fourth-order valence-corrected chi connectivity index (χ4v) is 19.6. The Kier molecular flexibility index (Phi) is 30.0. The molecule has 18 nitrogen and oxygen atoms in total. The van der Waals surface area contributed by atoms with Gasteiger partial charge < -0.3 is 77.1 Å². The van der Waals surface area contributed by atoms with Gasteiger partial charge in [0.1, 0.15) is 46.0 Å². The summed E-state index contributed by atoms with van der Waals surface area (Å²) >= 11 is 0. The number of rotatable bonds is 17. The van der Waals surface area contributed by atoms with Gasteiger partial charge in [0.2, 0.25) is 9.84 Å². The van der Waals surface area contributed by atoms with Crippen LogP contribution in [0.15, 0.2) is 398 Å². The van der Waals surface area contributed by atoms with Crippen LogP contribution in [0, 0.1) is 0 Å². The number of sulfone groups is 1. The van der Waals surface area contributed by atoms with E-state index in [9.17, 15) is 8.42 Å². The highest BCUT2D eigenvalue weighted by molar-refractivity contribution is 7.91. The van der Waals surface area contributed by atoms with E-state index >= 15 is 0 Å². The summed E-state index contributed by atoms with van der Waals surface area (Å²) in [7, 11) is -3.63. The third-order valence-corrected chi connectivity index (χ3v) is 27.8. The molecule has 16 aromatic rings. The van der Waals surface area contributed by atoms with Gasteiger partial charge >= 0.3 is 0 Å². The lowest BCUT2D eigenvalue weighted by Crippen LogP contribution is -2.31. The minimum atomic E-state index is -3.63. The molecule has 24 rings (SSSR count). The monoisotopic (exact) mass is 1860 g/mol. The van der Waals surface area contributed by atoms with Gasteiger partial charge in [-0.2, -0.15) is 0 Å². The number of benzene rings is 16. The molecule has 8 heterocycles. The third-order valence-electron chi connectivity index (χ3n) is 26.0. The van der Waals surface area contributed by atoms with Crippen molar-refractivity contribution in [3.8, 4) is 46.0 Å². The predicted molar refractivity (Wildman–Crippen MR) is 562 cm³/mol. The SMILES string of the molecule is C.C.C.C.O=S(=O)(c1ccc(N2COc3ccccc3C2)cc1)c1ccc(N2COc3ccccc3C2)cc1.c1ccc2c(c1)CN(c1ccc(CCc3ccc(N4COc5ccccc5C4)cc3)cc1)CO2.c1ccc2c(c1)CN(c1ccc(Cc3ccc(N4COc5ccccc5C4)cc3)cc1)CO2.c1ccc2c(c1)CN(c1ccc(Cc3ccc(N4COc5ccccc5C4)cc3)cc1)CO2. The van der Waals surface area contributed by atoms with Crippen LogP contribution in [-0.2, 0) is 87.9 Å². The van der Waals surface area contributed by atoms with E-state index in [0.29, 0.717) is 66.9 Å². The molecule has 0 atom stereocenters. The standard InChI is InChI=1S/C30H28N2O2.2C29H26N2O2.C28H24N2O4S.4CH4/c1-3-7-29-25(5-1)19-31(21-33-29)27-15-11-23(12-16-27)9-10-24-13-17-28(18-14-24)32-20-26-6-2-4-8-30(26)34-22-32;2*1-3-7-28-24(5-1)18-30(20-32-28)26-13-9-22(10-14-26)17-23-11-15-27(16-12-23)31-19-25-6-2-4-8-29(25)33-21-31;31-35(32,25-13-9-23(10-14-25)29-17-21-5-1-3-7-27(21)33-19-29)26-15-11-24(12-16-26)30-18-22-6-2-4-8-28(22)34-20-30;;;;/h1-8,11-18H,9-10,19-22H2;2*1-16H,17-21H2;1-16H,17-20H2;4*1H4. The zero-order chi connectivity index (χ0) is 90.6. The molecule has 0 fully saturated rings. The first-order valence-electron chi connectivity index (χ1n) is 46.2. The van der Waals surface area contributed by atoms with E-state index in [1.807, 2.05) is 146 Å². The third kappa shape index (κ3) is 22.4. The van der Waals surface area contributed by atoms with Gasteiger partial charge in [-0.25, -0.2) is 8.42 Å². The lowest BCUT2D eigenvalue weighted by atomic mass is 10.0. The first-order chi connectivity index (χ1) is 66.5. The highest BCUT2D eigenvalue weighted by Crippen LogP contribution is 2.39. The highest BCUT2D eigenvalue weighted by Gasteiger charge is 2.28. The van der Waals surface area contributed by atoms with E-state index in [2.05, 4.69) is 258 Å². The van der Waals surface area contributed by atoms with E-state index in [1.165, 1.54) is 101 Å². The van der Waals surface area contributed by atoms with Crippen molar-refractivity contribution in [2.24, 2.45) is 0 Å². The Morgan fingerprint density at radius 1 is 0.173 bits per heavy atom. The Labute approximate surface area is 819 Å². The van der Waals surface area contributed by atoms with Crippen molar-refractivity contribution in [2.45, 2.75) is 118 Å². The van der Waals surface area contributed by atoms with Gasteiger partial charge in [-0.05, 0) is 229 Å². The lowest BCUT2D eigenvalue weighted by Gasteiger charge is -2.31. The molecule has 0 bridgehead atoms. The number of hydrogen-bond acceptors (Lipinski definition) is 18. The number of anilines is 8. The molecule has 8 aliphatic rings. The Bertz CT molecular complexity index is 6290. The number of nitrogens with zero attached hydrogens (tertiary/aromatic N) is 8. The quantitative estimate of drug-likeness (QED) is 0.0855. The second-order valence-electron chi connectivity index (χ2n) is 35.0. The molecule has 0 N–H and O–H groups in total. The second kappa shape index (κ2) is 44.0. The van der Waals surface area contributed by atoms with Crippen LogP contribution < -0.4 is 77.1 Å². The van der Waals surface area contributed by atoms with Crippen LogP contribution >= 0.6 is 0 Å². The molecule has 0 amide bonds. The Morgan fingerprint density at radius 2 is 0.309 bits per heavy atom. The summed E-state index contributed by atoms with van der Waals surface area (Å²) in [6, 6.07) is 133. The summed E-state index contributed by atoms with van der Waals surface area (Å²) in [5, 5.41) is 0. The van der Waals surface area contributed by atoms with Crippen molar-refractivity contribution in [2.75, 3.05) is 93.0 Å². The van der Waals surface area contributed by atoms with Crippen LogP contribution in [0.3, 0.4) is 0 Å². The number of fused-ring (bicyclic) bond motifs is 8. The predicted octanol–water partition coefficient (Wildman–Crippen LogP) is 25.9. The van der Waals surface area contributed by atoms with Crippen LogP contribution in [-0.4, -0.2) is 62.3 Å². The first-order valence-corrected chi connectivity index (χ1v) is 47.7. The minimum Gasteiger partial charge on any atom is -0.473 e. The second-order valence-corrected chi connectivity index (χ2v) is 36.9. The fraction of sp³-hybridized carbons (Fsp3) is 0.200. The van der Waals surface area contributed by atoms with Crippen LogP contribution in [0.1, 0.15) is 108 Å². The van der Waals surface area contributed by atoms with E-state index in [-0.39, 0.29) is 39.5 Å². The zero-order valence-corrected chi connectivity index (χ0v) is 76.0. The van der Waals surface area contributed by atoms with Gasteiger partial charge in [0.05, 0.1) is 9.79 Å². The number of ether oxygens (including phenoxy) is 8. The van der Waals surface area contributed by atoms with Gasteiger partial charge in [0.25, 0.3) is 0 Å². The van der Waals surface area contributed by atoms with Gasteiger partial charge in [-0.3, -0.25) is 0 Å². The summed E-state index contributed by atoms with van der Waals surface area (Å²) in [6.07, 6.45) is 3.89. The summed E-state index contributed by atoms with van der Waals surface area (Å²) in [5.74, 6) is 7.77. The smallest absolute Gasteiger partial charge is 0.206 e. The van der Waals surface area contributed by atoms with Gasteiger partial charge in [-0.15, -0.1) is 0 Å². The van der Waals surface area contributed by atoms with E-state index in [4.69, 9.17) is 37.9 Å². The van der Waals surface area contributed by atoms with Crippen molar-refractivity contribution >= 4 is 55.3 Å². The van der Waals surface area contributed by atoms with Gasteiger partial charge in [0.15, 0.2) is 53.8 Å². The lowest BCUT2D eigenvalue weighted by molar-refractivity contribution is 0.289. The molecule has 0 aromatic heterocycles. The maximum Gasteiger partial charge on any atom is 0.206 e. The maximum atomic E-state index is 13.3. The molecule has 0 spiro atoms. The number of para-hydroxylation sites is 8. The van der Waals surface area contributed by atoms with E-state index < -0.39 is 9.84 Å². The van der Waals surface area contributed by atoms with Gasteiger partial charge in [0, 0.05) is 142 Å². The van der Waals surface area contributed by atoms with Crippen molar-refractivity contribution in [1.29, 1.82) is 0 Å². The molecular weight excluding hydrogens is 1750 g/mol. The molecule has 0 saturated carbocycles.